The van der Waals surface area contributed by atoms with E-state index in [9.17, 15) is 0 Å². The van der Waals surface area contributed by atoms with Crippen LogP contribution in [-0.2, 0) is 0 Å². The molecule has 2 rings (SSSR count). The topological polar surface area (TPSA) is 24.4 Å². The van der Waals surface area contributed by atoms with Crippen molar-refractivity contribution in [2.45, 2.75) is 6.42 Å². The molecule has 1 aliphatic rings. The Morgan fingerprint density at radius 2 is 1.93 bits per heavy atom. The van der Waals surface area contributed by atoms with Crippen LogP contribution in [0.25, 0.3) is 0 Å². The molecule has 0 atom stereocenters. The number of halogens is 2. The van der Waals surface area contributed by atoms with Crippen LogP contribution in [-0.4, -0.2) is 18.9 Å². The fourth-order valence-corrected chi connectivity index (χ4v) is 1.46. The van der Waals surface area contributed by atoms with Gasteiger partial charge in [0.15, 0.2) is 0 Å². The van der Waals surface area contributed by atoms with Crippen molar-refractivity contribution in [3.05, 3.63) is 34.9 Å². The summed E-state index contributed by atoms with van der Waals surface area (Å²) in [5.74, 6) is 0.989. The largest absolute Gasteiger partial charge is 0.370 e. The van der Waals surface area contributed by atoms with Crippen molar-refractivity contribution in [1.29, 1.82) is 0 Å². The van der Waals surface area contributed by atoms with Crippen molar-refractivity contribution in [3.8, 4) is 0 Å². The van der Waals surface area contributed by atoms with E-state index >= 15 is 0 Å². The van der Waals surface area contributed by atoms with Crippen LogP contribution in [0.5, 0.6) is 0 Å². The normalized spacial score (nSPS) is 15.1. The van der Waals surface area contributed by atoms with Gasteiger partial charge in [-0.2, -0.15) is 0 Å². The molecule has 1 aromatic rings. The first-order chi connectivity index (χ1) is 6.36. The molecule has 0 radical (unpaired) electrons. The molecule has 4 heteroatoms. The number of benzene rings is 1. The van der Waals surface area contributed by atoms with Crippen molar-refractivity contribution >= 4 is 29.8 Å². The molecule has 0 aliphatic carbocycles. The minimum atomic E-state index is 0. The van der Waals surface area contributed by atoms with Crippen LogP contribution in [0.15, 0.2) is 29.3 Å². The standard InChI is InChI=1S/C10H11ClN2.ClH/c11-9-4-2-8(3-5-9)10-12-6-1-7-13-10;/h2-5H,1,6-7H2,(H,12,13);1H. The van der Waals surface area contributed by atoms with Crippen molar-refractivity contribution in [3.63, 3.8) is 0 Å². The Bertz CT molecular complexity index is 319. The van der Waals surface area contributed by atoms with Crippen molar-refractivity contribution in [2.75, 3.05) is 13.1 Å². The number of aliphatic imine (C=N–C) groups is 1. The van der Waals surface area contributed by atoms with Gasteiger partial charge >= 0.3 is 0 Å². The van der Waals surface area contributed by atoms with Gasteiger partial charge in [0.05, 0.1) is 0 Å². The molecular weight excluding hydrogens is 219 g/mol. The van der Waals surface area contributed by atoms with Gasteiger partial charge in [-0.3, -0.25) is 4.99 Å². The molecule has 76 valence electrons. The fraction of sp³-hybridized carbons (Fsp3) is 0.300. The molecular formula is C10H12Cl2N2. The first-order valence-electron chi connectivity index (χ1n) is 4.40. The van der Waals surface area contributed by atoms with E-state index in [1.54, 1.807) is 0 Å². The monoisotopic (exact) mass is 230 g/mol. The quantitative estimate of drug-likeness (QED) is 0.788. The summed E-state index contributed by atoms with van der Waals surface area (Å²) in [6.07, 6.45) is 1.12. The molecule has 2 nitrogen and oxygen atoms in total. The van der Waals surface area contributed by atoms with E-state index in [0.717, 1.165) is 35.9 Å². The van der Waals surface area contributed by atoms with Gasteiger partial charge in [-0.25, -0.2) is 0 Å². The smallest absolute Gasteiger partial charge is 0.128 e. The third kappa shape index (κ3) is 2.63. The van der Waals surface area contributed by atoms with E-state index in [1.807, 2.05) is 24.3 Å². The molecule has 0 fully saturated rings. The Hall–Kier alpha value is -0.730. The third-order valence-electron chi connectivity index (χ3n) is 2.01. The second-order valence-electron chi connectivity index (χ2n) is 3.02. The van der Waals surface area contributed by atoms with Crippen LogP contribution in [0.4, 0.5) is 0 Å². The van der Waals surface area contributed by atoms with Gasteiger partial charge < -0.3 is 5.32 Å². The first kappa shape index (κ1) is 11.3. The van der Waals surface area contributed by atoms with Gasteiger partial charge in [0, 0.05) is 23.7 Å². The maximum Gasteiger partial charge on any atom is 0.128 e. The van der Waals surface area contributed by atoms with Crippen molar-refractivity contribution in [1.82, 2.24) is 5.32 Å². The van der Waals surface area contributed by atoms with E-state index < -0.39 is 0 Å². The predicted octanol–water partition coefficient (Wildman–Crippen LogP) is 2.50. The molecule has 14 heavy (non-hydrogen) atoms. The molecule has 1 heterocycles. The summed E-state index contributed by atoms with van der Waals surface area (Å²) in [6, 6.07) is 7.74. The molecule has 0 bridgehead atoms. The molecule has 0 amide bonds. The highest BCUT2D eigenvalue weighted by Gasteiger charge is 2.05. The van der Waals surface area contributed by atoms with Gasteiger partial charge in [0.1, 0.15) is 5.84 Å². The number of nitrogens with one attached hydrogen (secondary N) is 1. The zero-order valence-corrected chi connectivity index (χ0v) is 9.24. The highest BCUT2D eigenvalue weighted by Crippen LogP contribution is 2.10. The second kappa shape index (κ2) is 5.23. The summed E-state index contributed by atoms with van der Waals surface area (Å²) in [5.41, 5.74) is 1.11. The zero-order chi connectivity index (χ0) is 9.10. The summed E-state index contributed by atoms with van der Waals surface area (Å²) in [5, 5.41) is 4.03. The van der Waals surface area contributed by atoms with Crippen LogP contribution in [0.2, 0.25) is 5.02 Å². The summed E-state index contributed by atoms with van der Waals surface area (Å²) < 4.78 is 0. The van der Waals surface area contributed by atoms with Crippen LogP contribution in [0.1, 0.15) is 12.0 Å². The number of nitrogens with zero attached hydrogens (tertiary/aromatic N) is 1. The van der Waals surface area contributed by atoms with Gasteiger partial charge in [-0.1, -0.05) is 11.6 Å². The zero-order valence-electron chi connectivity index (χ0n) is 7.66. The Labute approximate surface area is 94.8 Å². The van der Waals surface area contributed by atoms with Gasteiger partial charge in [-0.05, 0) is 30.7 Å². The van der Waals surface area contributed by atoms with Crippen LogP contribution >= 0.6 is 24.0 Å². The van der Waals surface area contributed by atoms with Gasteiger partial charge in [0.25, 0.3) is 0 Å². The number of rotatable bonds is 1. The second-order valence-corrected chi connectivity index (χ2v) is 3.45. The maximum absolute atomic E-state index is 5.79. The van der Waals surface area contributed by atoms with Gasteiger partial charge in [-0.15, -0.1) is 12.4 Å². The summed E-state index contributed by atoms with van der Waals surface area (Å²) in [6.45, 7) is 1.94. The molecule has 1 aromatic carbocycles. The van der Waals surface area contributed by atoms with Crippen LogP contribution in [0, 0.1) is 0 Å². The van der Waals surface area contributed by atoms with E-state index in [0.29, 0.717) is 0 Å². The Morgan fingerprint density at radius 3 is 2.50 bits per heavy atom. The highest BCUT2D eigenvalue weighted by molar-refractivity contribution is 6.30. The van der Waals surface area contributed by atoms with Crippen LogP contribution in [0.3, 0.4) is 0 Å². The SMILES string of the molecule is Cl.Clc1ccc(C2=NCCCN2)cc1. The average molecular weight is 231 g/mol. The fourth-order valence-electron chi connectivity index (χ4n) is 1.33. The van der Waals surface area contributed by atoms with Crippen molar-refractivity contribution < 1.29 is 0 Å². The van der Waals surface area contributed by atoms with Crippen LogP contribution < -0.4 is 5.32 Å². The number of hydrogen-bond donors (Lipinski definition) is 1. The predicted molar refractivity (Wildman–Crippen MR) is 62.7 cm³/mol. The van der Waals surface area contributed by atoms with E-state index in [4.69, 9.17) is 11.6 Å². The highest BCUT2D eigenvalue weighted by atomic mass is 35.5. The Kier molecular flexibility index (Phi) is 4.23. The van der Waals surface area contributed by atoms with Gasteiger partial charge in [0.2, 0.25) is 0 Å². The summed E-state index contributed by atoms with van der Waals surface area (Å²) >= 11 is 5.79. The summed E-state index contributed by atoms with van der Waals surface area (Å²) in [7, 11) is 0. The Morgan fingerprint density at radius 1 is 1.21 bits per heavy atom. The Balaban J connectivity index is 0.000000980. The molecule has 0 saturated heterocycles. The lowest BCUT2D eigenvalue weighted by Gasteiger charge is -2.14. The molecule has 0 saturated carbocycles. The molecule has 0 spiro atoms. The molecule has 0 aromatic heterocycles. The lowest BCUT2D eigenvalue weighted by molar-refractivity contribution is 0.742. The number of amidine groups is 1. The summed E-state index contributed by atoms with van der Waals surface area (Å²) in [4.78, 5) is 4.39. The lowest BCUT2D eigenvalue weighted by atomic mass is 10.2. The first-order valence-corrected chi connectivity index (χ1v) is 4.78. The molecule has 1 N–H and O–H groups in total. The minimum absolute atomic E-state index is 0. The molecule has 1 aliphatic heterocycles. The van der Waals surface area contributed by atoms with E-state index in [2.05, 4.69) is 10.3 Å². The van der Waals surface area contributed by atoms with E-state index in [-0.39, 0.29) is 12.4 Å². The molecule has 0 unspecified atom stereocenters. The maximum atomic E-state index is 5.79. The van der Waals surface area contributed by atoms with E-state index in [1.165, 1.54) is 0 Å². The van der Waals surface area contributed by atoms with Crippen molar-refractivity contribution in [2.24, 2.45) is 4.99 Å². The number of hydrogen-bond acceptors (Lipinski definition) is 2. The minimum Gasteiger partial charge on any atom is -0.370 e. The third-order valence-corrected chi connectivity index (χ3v) is 2.27. The lowest BCUT2D eigenvalue weighted by Crippen LogP contribution is -2.30. The average Bonchev–Trinajstić information content (AvgIpc) is 2.20.